The van der Waals surface area contributed by atoms with Gasteiger partial charge in [0.1, 0.15) is 0 Å². The SMILES string of the molecule is CCOC(CCN(C)C)CNC(=O)C(C)(C)N. The van der Waals surface area contributed by atoms with Crippen molar-refractivity contribution < 1.29 is 9.53 Å². The van der Waals surface area contributed by atoms with Gasteiger partial charge in [0.25, 0.3) is 0 Å². The molecule has 0 aliphatic rings. The standard InChI is InChI=1S/C12H27N3O2/c1-6-17-10(7-8-15(4)5)9-14-11(16)12(2,3)13/h10H,6-9,13H2,1-5H3,(H,14,16). The Kier molecular flexibility index (Phi) is 7.34. The number of nitrogens with one attached hydrogen (secondary N) is 1. The normalized spacial score (nSPS) is 13.8. The maximum absolute atomic E-state index is 11.6. The highest BCUT2D eigenvalue weighted by Crippen LogP contribution is 2.01. The van der Waals surface area contributed by atoms with Crippen LogP contribution in [0, 0.1) is 0 Å². The molecule has 0 heterocycles. The quantitative estimate of drug-likeness (QED) is 0.641. The number of hydrogen-bond donors (Lipinski definition) is 2. The number of nitrogens with zero attached hydrogens (tertiary/aromatic N) is 1. The minimum absolute atomic E-state index is 0.0497. The Bertz CT molecular complexity index is 224. The fourth-order valence-corrected chi connectivity index (χ4v) is 1.32. The molecule has 0 saturated heterocycles. The van der Waals surface area contributed by atoms with Gasteiger partial charge in [-0.05, 0) is 41.3 Å². The van der Waals surface area contributed by atoms with E-state index in [1.54, 1.807) is 13.8 Å². The van der Waals surface area contributed by atoms with E-state index in [0.29, 0.717) is 13.2 Å². The number of nitrogens with two attached hydrogens (primary N) is 1. The Morgan fingerprint density at radius 1 is 1.47 bits per heavy atom. The Morgan fingerprint density at radius 3 is 2.47 bits per heavy atom. The molecule has 0 aliphatic carbocycles. The lowest BCUT2D eigenvalue weighted by molar-refractivity contribution is -0.125. The maximum Gasteiger partial charge on any atom is 0.239 e. The zero-order chi connectivity index (χ0) is 13.5. The third-order valence-corrected chi connectivity index (χ3v) is 2.38. The lowest BCUT2D eigenvalue weighted by atomic mass is 10.1. The van der Waals surface area contributed by atoms with Gasteiger partial charge in [0.05, 0.1) is 11.6 Å². The van der Waals surface area contributed by atoms with Gasteiger partial charge in [-0.15, -0.1) is 0 Å². The van der Waals surface area contributed by atoms with Crippen LogP contribution in [0.2, 0.25) is 0 Å². The highest BCUT2D eigenvalue weighted by Gasteiger charge is 2.22. The number of ether oxygens (including phenoxy) is 1. The summed E-state index contributed by atoms with van der Waals surface area (Å²) in [5, 5.41) is 2.82. The van der Waals surface area contributed by atoms with Gasteiger partial charge in [-0.2, -0.15) is 0 Å². The summed E-state index contributed by atoms with van der Waals surface area (Å²) in [6, 6.07) is 0. The fourth-order valence-electron chi connectivity index (χ4n) is 1.32. The van der Waals surface area contributed by atoms with E-state index in [0.717, 1.165) is 13.0 Å². The second-order valence-corrected chi connectivity index (χ2v) is 5.10. The van der Waals surface area contributed by atoms with Crippen LogP contribution in [0.25, 0.3) is 0 Å². The molecule has 1 atom stereocenters. The topological polar surface area (TPSA) is 67.6 Å². The van der Waals surface area contributed by atoms with E-state index >= 15 is 0 Å². The number of hydrogen-bond acceptors (Lipinski definition) is 4. The van der Waals surface area contributed by atoms with Crippen LogP contribution in [-0.4, -0.2) is 56.2 Å². The molecule has 17 heavy (non-hydrogen) atoms. The Balaban J connectivity index is 4.04. The van der Waals surface area contributed by atoms with Gasteiger partial charge in [-0.3, -0.25) is 4.79 Å². The molecule has 0 aliphatic heterocycles. The van der Waals surface area contributed by atoms with Crippen LogP contribution in [0.5, 0.6) is 0 Å². The van der Waals surface area contributed by atoms with Crippen LogP contribution in [-0.2, 0) is 9.53 Å². The summed E-state index contributed by atoms with van der Waals surface area (Å²) in [4.78, 5) is 13.7. The van der Waals surface area contributed by atoms with Crippen LogP contribution in [0.1, 0.15) is 27.2 Å². The van der Waals surface area contributed by atoms with Gasteiger partial charge in [-0.1, -0.05) is 0 Å². The average molecular weight is 245 g/mol. The van der Waals surface area contributed by atoms with E-state index < -0.39 is 5.54 Å². The van der Waals surface area contributed by atoms with Crippen molar-refractivity contribution in [2.45, 2.75) is 38.8 Å². The number of rotatable bonds is 8. The molecule has 0 aromatic heterocycles. The van der Waals surface area contributed by atoms with Crippen molar-refractivity contribution in [3.05, 3.63) is 0 Å². The molecule has 0 bridgehead atoms. The van der Waals surface area contributed by atoms with Crippen LogP contribution in [0.3, 0.4) is 0 Å². The van der Waals surface area contributed by atoms with Gasteiger partial charge in [0.15, 0.2) is 0 Å². The summed E-state index contributed by atoms with van der Waals surface area (Å²) in [6.45, 7) is 7.45. The molecule has 102 valence electrons. The summed E-state index contributed by atoms with van der Waals surface area (Å²) >= 11 is 0. The molecule has 1 unspecified atom stereocenters. The summed E-state index contributed by atoms with van der Waals surface area (Å²) in [5.41, 5.74) is 4.87. The maximum atomic E-state index is 11.6. The van der Waals surface area contributed by atoms with Gasteiger partial charge < -0.3 is 20.7 Å². The van der Waals surface area contributed by atoms with Crippen LogP contribution in [0.4, 0.5) is 0 Å². The van der Waals surface area contributed by atoms with Crippen molar-refractivity contribution in [2.75, 3.05) is 33.8 Å². The Labute approximate surface area is 105 Å². The molecule has 0 aromatic carbocycles. The number of carbonyl (C=O) groups excluding carboxylic acids is 1. The zero-order valence-corrected chi connectivity index (χ0v) is 11.7. The first-order valence-corrected chi connectivity index (χ1v) is 6.10. The predicted molar refractivity (Wildman–Crippen MR) is 69.9 cm³/mol. The van der Waals surface area contributed by atoms with Crippen molar-refractivity contribution in [1.29, 1.82) is 0 Å². The van der Waals surface area contributed by atoms with Gasteiger partial charge in [-0.25, -0.2) is 0 Å². The lowest BCUT2D eigenvalue weighted by Gasteiger charge is -2.23. The van der Waals surface area contributed by atoms with E-state index in [4.69, 9.17) is 10.5 Å². The molecule has 0 radical (unpaired) electrons. The summed E-state index contributed by atoms with van der Waals surface area (Å²) in [5.74, 6) is -0.146. The summed E-state index contributed by atoms with van der Waals surface area (Å²) < 4.78 is 5.57. The molecule has 0 spiro atoms. The molecule has 0 aromatic rings. The molecule has 0 rings (SSSR count). The van der Waals surface area contributed by atoms with Crippen molar-refractivity contribution in [3.63, 3.8) is 0 Å². The van der Waals surface area contributed by atoms with Crippen molar-refractivity contribution >= 4 is 5.91 Å². The first kappa shape index (κ1) is 16.4. The molecule has 5 heteroatoms. The second kappa shape index (κ2) is 7.63. The Morgan fingerprint density at radius 2 is 2.06 bits per heavy atom. The van der Waals surface area contributed by atoms with Gasteiger partial charge in [0, 0.05) is 19.7 Å². The number of carbonyl (C=O) groups is 1. The van der Waals surface area contributed by atoms with Crippen LogP contribution in [0.15, 0.2) is 0 Å². The third kappa shape index (κ3) is 8.12. The third-order valence-electron chi connectivity index (χ3n) is 2.38. The van der Waals surface area contributed by atoms with Crippen molar-refractivity contribution in [2.24, 2.45) is 5.73 Å². The first-order chi connectivity index (χ1) is 7.77. The predicted octanol–water partition coefficient (Wildman–Crippen LogP) is 0.197. The van der Waals surface area contributed by atoms with Crippen LogP contribution >= 0.6 is 0 Å². The van der Waals surface area contributed by atoms with Crippen LogP contribution < -0.4 is 11.1 Å². The molecule has 5 nitrogen and oxygen atoms in total. The summed E-state index contributed by atoms with van der Waals surface area (Å²) in [6.07, 6.45) is 0.945. The molecule has 0 fully saturated rings. The van der Waals surface area contributed by atoms with Crippen molar-refractivity contribution in [3.8, 4) is 0 Å². The highest BCUT2D eigenvalue weighted by molar-refractivity contribution is 5.85. The molecule has 0 saturated carbocycles. The minimum atomic E-state index is -0.835. The fraction of sp³-hybridized carbons (Fsp3) is 0.917. The Hall–Kier alpha value is -0.650. The largest absolute Gasteiger partial charge is 0.377 e. The second-order valence-electron chi connectivity index (χ2n) is 5.10. The smallest absolute Gasteiger partial charge is 0.239 e. The summed E-state index contributed by atoms with van der Waals surface area (Å²) in [7, 11) is 4.04. The van der Waals surface area contributed by atoms with E-state index in [1.165, 1.54) is 0 Å². The highest BCUT2D eigenvalue weighted by atomic mass is 16.5. The molecule has 3 N–H and O–H groups in total. The zero-order valence-electron chi connectivity index (χ0n) is 11.7. The average Bonchev–Trinajstić information content (AvgIpc) is 2.20. The molecular weight excluding hydrogens is 218 g/mol. The monoisotopic (exact) mass is 245 g/mol. The van der Waals surface area contributed by atoms with E-state index in [-0.39, 0.29) is 12.0 Å². The molecular formula is C12H27N3O2. The lowest BCUT2D eigenvalue weighted by Crippen LogP contribution is -2.51. The number of amides is 1. The van der Waals surface area contributed by atoms with Crippen molar-refractivity contribution in [1.82, 2.24) is 10.2 Å². The van der Waals surface area contributed by atoms with Gasteiger partial charge in [0.2, 0.25) is 5.91 Å². The van der Waals surface area contributed by atoms with E-state index in [1.807, 2.05) is 21.0 Å². The first-order valence-electron chi connectivity index (χ1n) is 6.10. The minimum Gasteiger partial charge on any atom is -0.377 e. The van der Waals surface area contributed by atoms with E-state index in [9.17, 15) is 4.79 Å². The van der Waals surface area contributed by atoms with E-state index in [2.05, 4.69) is 10.2 Å². The molecule has 1 amide bonds. The van der Waals surface area contributed by atoms with Gasteiger partial charge >= 0.3 is 0 Å².